The second-order valence-corrected chi connectivity index (χ2v) is 26.0. The minimum atomic E-state index is -2.10. The first-order valence-electron chi connectivity index (χ1n) is 22.9. The first kappa shape index (κ1) is 42.6. The molecule has 5 aliphatic heterocycles. The third-order valence-electron chi connectivity index (χ3n) is 14.9. The molecule has 0 spiro atoms. The van der Waals surface area contributed by atoms with Gasteiger partial charge in [-0.25, -0.2) is 14.2 Å². The van der Waals surface area contributed by atoms with Gasteiger partial charge in [0.05, 0.1) is 23.7 Å². The highest BCUT2D eigenvalue weighted by Gasteiger charge is 2.54. The highest BCUT2D eigenvalue weighted by Crippen LogP contribution is 2.48. The fraction of sp³-hybridized carbons (Fsp3) is 0.560. The van der Waals surface area contributed by atoms with E-state index in [2.05, 4.69) is 69.4 Å². The van der Waals surface area contributed by atoms with E-state index in [4.69, 9.17) is 29.2 Å². The van der Waals surface area contributed by atoms with Gasteiger partial charge in [0.1, 0.15) is 48.8 Å². The smallest absolute Gasteiger partial charge is 0.410 e. The van der Waals surface area contributed by atoms with Crippen LogP contribution in [-0.2, 0) is 4.74 Å². The van der Waals surface area contributed by atoms with Crippen LogP contribution in [0.4, 0.5) is 15.0 Å². The maximum atomic E-state index is 18.0. The van der Waals surface area contributed by atoms with Crippen LogP contribution in [0.2, 0.25) is 16.6 Å². The van der Waals surface area contributed by atoms with Crippen LogP contribution in [-0.4, -0.2) is 101 Å². The molecule has 2 aromatic carbocycles. The Morgan fingerprint density at radius 1 is 1.02 bits per heavy atom. The number of halogens is 1. The van der Waals surface area contributed by atoms with Gasteiger partial charge in [-0.1, -0.05) is 89.9 Å². The van der Waals surface area contributed by atoms with Gasteiger partial charge in [-0.05, 0) is 94.4 Å². The molecule has 62 heavy (non-hydrogen) atoms. The number of hydrogen-bond donors (Lipinski definition) is 0. The van der Waals surface area contributed by atoms with Gasteiger partial charge in [0.2, 0.25) is 5.88 Å². The quantitative estimate of drug-likeness (QED) is 0.102. The molecule has 328 valence electrons. The van der Waals surface area contributed by atoms with Crippen molar-refractivity contribution in [2.75, 3.05) is 31.1 Å². The number of nitrogens with zero attached hydrogens (tertiary/aromatic N) is 6. The average Bonchev–Trinajstić information content (AvgIpc) is 3.84. The summed E-state index contributed by atoms with van der Waals surface area (Å²) in [5.74, 6) is 3.88. The molecule has 0 unspecified atom stereocenters. The lowest BCUT2D eigenvalue weighted by atomic mass is 9.91. The molecular weight excluding hydrogens is 796 g/mol. The summed E-state index contributed by atoms with van der Waals surface area (Å²) in [6, 6.07) is 11.5. The Morgan fingerprint density at radius 3 is 2.45 bits per heavy atom. The summed E-state index contributed by atoms with van der Waals surface area (Å²) in [6.07, 6.45) is 3.73. The lowest BCUT2D eigenvalue weighted by Crippen LogP contribution is -2.65. The van der Waals surface area contributed by atoms with Crippen molar-refractivity contribution in [1.82, 2.24) is 24.8 Å². The van der Waals surface area contributed by atoms with E-state index in [0.29, 0.717) is 46.5 Å². The van der Waals surface area contributed by atoms with Gasteiger partial charge < -0.3 is 19.1 Å². The molecule has 10 nitrogen and oxygen atoms in total. The molecule has 0 aliphatic carbocycles. The lowest BCUT2D eigenvalue weighted by Gasteiger charge is -2.48. The number of piperazine rings is 1. The number of aromatic nitrogens is 3. The first-order chi connectivity index (χ1) is 29.4. The Bertz CT molecular complexity index is 2500. The number of carbonyl (C=O) groups excluding carboxylic acids is 1. The van der Waals surface area contributed by atoms with E-state index in [1.165, 1.54) is 0 Å². The molecule has 4 aromatic rings. The lowest BCUT2D eigenvalue weighted by molar-refractivity contribution is 0.000936. The molecule has 0 radical (unpaired) electrons. The van der Waals surface area contributed by atoms with E-state index < -0.39 is 25.6 Å². The molecule has 9 rings (SSSR count). The average molecular weight is 859 g/mol. The number of fused-ring (bicyclic) bond motifs is 7. The zero-order valence-electron chi connectivity index (χ0n) is 38.3. The van der Waals surface area contributed by atoms with E-state index in [1.54, 1.807) is 0 Å². The van der Waals surface area contributed by atoms with Crippen LogP contribution in [0.25, 0.3) is 32.9 Å². The van der Waals surface area contributed by atoms with Crippen molar-refractivity contribution in [3.8, 4) is 34.6 Å². The van der Waals surface area contributed by atoms with Crippen LogP contribution in [0.3, 0.4) is 0 Å². The summed E-state index contributed by atoms with van der Waals surface area (Å²) < 4.78 is 37.5. The van der Waals surface area contributed by atoms with Crippen LogP contribution in [0.1, 0.15) is 107 Å². The van der Waals surface area contributed by atoms with Crippen molar-refractivity contribution in [2.45, 2.75) is 153 Å². The third kappa shape index (κ3) is 6.75. The minimum Gasteiger partial charge on any atom is -0.472 e. The summed E-state index contributed by atoms with van der Waals surface area (Å²) in [5, 5.41) is 2.20. The van der Waals surface area contributed by atoms with Crippen LogP contribution in [0, 0.1) is 17.3 Å². The van der Waals surface area contributed by atoms with Gasteiger partial charge in [0, 0.05) is 29.6 Å². The summed E-state index contributed by atoms with van der Waals surface area (Å²) in [4.78, 5) is 35.6. The van der Waals surface area contributed by atoms with Gasteiger partial charge in [0.15, 0.2) is 5.82 Å². The standard InChI is InChI=1S/C50H63FN6O4Si/c1-29(2)62(30(3)4,31(5)6)26-22-35-16-12-15-34-17-13-18-37(39(34)35)42-41(51)43-40-45(54-47(53-43)59-28-50-23-14-24-55(50)25-21-32(50)7)56-27-36-19-20-38(44(56)33(8)60-46(40)52-42)57(36)48(58)61-49(9,10)11/h12-13,15-18,29-31,33,36,38,44H,7,14,19-21,23-25,27-28H2,1-6,8-11H3/t33-,36+,38-,44+,50-/m0/s1. The Morgan fingerprint density at radius 2 is 1.74 bits per heavy atom. The molecule has 1 amide bonds. The number of hydrogen-bond acceptors (Lipinski definition) is 9. The summed E-state index contributed by atoms with van der Waals surface area (Å²) in [7, 11) is -2.10. The number of ether oxygens (including phenoxy) is 3. The van der Waals surface area contributed by atoms with Crippen LogP contribution >= 0.6 is 0 Å². The molecule has 0 saturated carbocycles. The summed E-state index contributed by atoms with van der Waals surface area (Å²) in [5.41, 5.74) is 7.20. The zero-order valence-corrected chi connectivity index (χ0v) is 39.3. The largest absolute Gasteiger partial charge is 0.472 e. The van der Waals surface area contributed by atoms with Crippen molar-refractivity contribution in [1.29, 1.82) is 0 Å². The Balaban J connectivity index is 1.22. The Kier molecular flexibility index (Phi) is 10.6. The number of amides is 1. The van der Waals surface area contributed by atoms with E-state index in [1.807, 2.05) is 69.0 Å². The molecule has 0 N–H and O–H groups in total. The molecule has 7 heterocycles. The van der Waals surface area contributed by atoms with Crippen molar-refractivity contribution in [3.05, 3.63) is 59.9 Å². The maximum absolute atomic E-state index is 18.0. The number of rotatable bonds is 7. The second-order valence-electron chi connectivity index (χ2n) is 20.4. The Hall–Kier alpha value is -4.73. The molecule has 2 aromatic heterocycles. The topological polar surface area (TPSA) is 93.2 Å². The Labute approximate surface area is 367 Å². The van der Waals surface area contributed by atoms with E-state index in [9.17, 15) is 4.79 Å². The zero-order chi connectivity index (χ0) is 44.0. The van der Waals surface area contributed by atoms with Crippen molar-refractivity contribution < 1.29 is 23.4 Å². The molecule has 2 bridgehead atoms. The molecule has 5 atom stereocenters. The number of carbonyl (C=O) groups is 1. The molecule has 12 heteroatoms. The minimum absolute atomic E-state index is 0.0946. The number of anilines is 1. The van der Waals surface area contributed by atoms with Gasteiger partial charge >= 0.3 is 12.1 Å². The molecule has 4 saturated heterocycles. The van der Waals surface area contributed by atoms with Crippen molar-refractivity contribution in [3.63, 3.8) is 0 Å². The third-order valence-corrected chi connectivity index (χ3v) is 21.2. The SMILES string of the molecule is C=C1CCN2CCC[C@]12COc1nc2c3c(nc(-c4cccc5cccc(C#C[Si](C(C)C)(C(C)C)C(C)C)c45)c(F)c3n1)O[C@@H](C)[C@@H]1[C@@H]3CC[C@H](CN21)N3C(=O)OC(C)(C)C. The number of benzene rings is 2. The summed E-state index contributed by atoms with van der Waals surface area (Å²) in [6.45, 7) is 28.8. The monoisotopic (exact) mass is 858 g/mol. The highest BCUT2D eigenvalue weighted by molar-refractivity contribution is 6.90. The van der Waals surface area contributed by atoms with Crippen LogP contribution < -0.4 is 14.4 Å². The van der Waals surface area contributed by atoms with Gasteiger partial charge in [-0.2, -0.15) is 9.97 Å². The van der Waals surface area contributed by atoms with Gasteiger partial charge in [0.25, 0.3) is 0 Å². The first-order valence-corrected chi connectivity index (χ1v) is 25.2. The van der Waals surface area contributed by atoms with Crippen LogP contribution in [0.15, 0.2) is 48.6 Å². The highest BCUT2D eigenvalue weighted by atomic mass is 28.3. The fourth-order valence-electron chi connectivity index (χ4n) is 12.1. The maximum Gasteiger partial charge on any atom is 0.410 e. The molecule has 4 fully saturated rings. The fourth-order valence-corrected chi connectivity index (χ4v) is 17.3. The molecular formula is C50H63FN6O4Si. The van der Waals surface area contributed by atoms with E-state index in [0.717, 1.165) is 67.1 Å². The van der Waals surface area contributed by atoms with Crippen molar-refractivity contribution in [2.24, 2.45) is 0 Å². The normalized spacial score (nSPS) is 24.7. The summed E-state index contributed by atoms with van der Waals surface area (Å²) >= 11 is 0. The molecule has 5 aliphatic rings. The predicted octanol–water partition coefficient (Wildman–Crippen LogP) is 10.5. The van der Waals surface area contributed by atoms with Crippen molar-refractivity contribution >= 4 is 41.7 Å². The van der Waals surface area contributed by atoms with Crippen LogP contribution in [0.5, 0.6) is 11.9 Å². The second kappa shape index (κ2) is 15.5. The van der Waals surface area contributed by atoms with E-state index in [-0.39, 0.29) is 52.9 Å². The van der Waals surface area contributed by atoms with Gasteiger partial charge in [-0.15, -0.1) is 5.54 Å². The van der Waals surface area contributed by atoms with E-state index >= 15 is 4.39 Å². The number of pyridine rings is 1. The predicted molar refractivity (Wildman–Crippen MR) is 247 cm³/mol. The van der Waals surface area contributed by atoms with Gasteiger partial charge in [-0.3, -0.25) is 9.80 Å².